The summed E-state index contributed by atoms with van der Waals surface area (Å²) < 4.78 is 0. The van der Waals surface area contributed by atoms with E-state index in [2.05, 4.69) is 28.2 Å². The first-order valence-corrected chi connectivity index (χ1v) is 6.85. The van der Waals surface area contributed by atoms with E-state index >= 15 is 0 Å². The van der Waals surface area contributed by atoms with Crippen molar-refractivity contribution < 1.29 is 0 Å². The molecule has 5 heteroatoms. The molecule has 3 nitrogen and oxygen atoms in total. The minimum atomic E-state index is -0.506. The molecule has 0 amide bonds. The summed E-state index contributed by atoms with van der Waals surface area (Å²) in [5.41, 5.74) is 4.75. The highest BCUT2D eigenvalue weighted by atomic mass is 35.5. The van der Waals surface area contributed by atoms with Gasteiger partial charge in [0.2, 0.25) is 5.28 Å². The van der Waals surface area contributed by atoms with E-state index in [0.717, 1.165) is 16.7 Å². The van der Waals surface area contributed by atoms with Crippen LogP contribution in [0.2, 0.25) is 10.4 Å². The Bertz CT molecular complexity index is 661. The van der Waals surface area contributed by atoms with Gasteiger partial charge in [-0.3, -0.25) is 0 Å². The highest BCUT2D eigenvalue weighted by molar-refractivity contribution is 6.31. The van der Waals surface area contributed by atoms with Crippen LogP contribution >= 0.6 is 23.2 Å². The van der Waals surface area contributed by atoms with Gasteiger partial charge in [0.1, 0.15) is 11.1 Å². The van der Waals surface area contributed by atoms with Crippen LogP contribution in [-0.2, 0) is 0 Å². The first kappa shape index (κ1) is 14.8. The third-order valence-electron chi connectivity index (χ3n) is 3.14. The molecule has 1 unspecified atom stereocenters. The first-order valence-electron chi connectivity index (χ1n) is 6.09. The van der Waals surface area contributed by atoms with Gasteiger partial charge in [-0.1, -0.05) is 29.3 Å². The number of aryl methyl sites for hydroxylation is 3. The van der Waals surface area contributed by atoms with Crippen LogP contribution < -0.4 is 0 Å². The number of halogens is 2. The number of aromatic nitrogens is 2. The number of hydrogen-bond acceptors (Lipinski definition) is 3. The summed E-state index contributed by atoms with van der Waals surface area (Å²) in [7, 11) is 0. The van der Waals surface area contributed by atoms with Crippen LogP contribution in [0.15, 0.2) is 18.2 Å². The van der Waals surface area contributed by atoms with Gasteiger partial charge in [-0.15, -0.1) is 0 Å². The van der Waals surface area contributed by atoms with Gasteiger partial charge in [-0.05, 0) is 55.1 Å². The summed E-state index contributed by atoms with van der Waals surface area (Å²) in [6.45, 7) is 6.01. The van der Waals surface area contributed by atoms with Crippen molar-refractivity contribution in [2.24, 2.45) is 0 Å². The van der Waals surface area contributed by atoms with Crippen molar-refractivity contribution in [2.75, 3.05) is 0 Å². The number of benzene rings is 1. The maximum absolute atomic E-state index is 9.54. The molecule has 0 spiro atoms. The predicted octanol–water partition coefficient (Wildman–Crippen LogP) is 4.36. The highest BCUT2D eigenvalue weighted by Crippen LogP contribution is 2.30. The summed E-state index contributed by atoms with van der Waals surface area (Å²) in [5.74, 6) is -0.506. The monoisotopic (exact) mass is 305 g/mol. The fourth-order valence-electron chi connectivity index (χ4n) is 2.48. The van der Waals surface area contributed by atoms with E-state index in [4.69, 9.17) is 23.2 Å². The number of nitrogens with zero attached hydrogens (tertiary/aromatic N) is 3. The van der Waals surface area contributed by atoms with Gasteiger partial charge in [0, 0.05) is 0 Å². The molecule has 0 aliphatic carbocycles. The summed E-state index contributed by atoms with van der Waals surface area (Å²) in [6.07, 6.45) is 0. The number of rotatable bonds is 2. The summed E-state index contributed by atoms with van der Waals surface area (Å²) in [4.78, 5) is 7.95. The zero-order valence-electron chi connectivity index (χ0n) is 11.4. The molecule has 0 N–H and O–H groups in total. The van der Waals surface area contributed by atoms with Crippen molar-refractivity contribution in [1.82, 2.24) is 9.97 Å². The van der Waals surface area contributed by atoms with E-state index < -0.39 is 5.92 Å². The average Bonchev–Trinajstić information content (AvgIpc) is 2.32. The Balaban J connectivity index is 2.62. The van der Waals surface area contributed by atoms with Gasteiger partial charge in [0.05, 0.1) is 11.8 Å². The van der Waals surface area contributed by atoms with Crippen molar-refractivity contribution in [3.63, 3.8) is 0 Å². The summed E-state index contributed by atoms with van der Waals surface area (Å²) >= 11 is 11.7. The van der Waals surface area contributed by atoms with E-state index in [-0.39, 0.29) is 10.4 Å². The average molecular weight is 306 g/mol. The SMILES string of the molecule is Cc1cc(C)c(C(C#N)c2cc(Cl)nc(Cl)n2)c(C)c1. The van der Waals surface area contributed by atoms with Gasteiger partial charge in [0.15, 0.2) is 0 Å². The van der Waals surface area contributed by atoms with Gasteiger partial charge in [-0.2, -0.15) is 5.26 Å². The van der Waals surface area contributed by atoms with Gasteiger partial charge in [-0.25, -0.2) is 9.97 Å². The molecule has 20 heavy (non-hydrogen) atoms. The Morgan fingerprint density at radius 2 is 1.65 bits per heavy atom. The third kappa shape index (κ3) is 2.92. The quantitative estimate of drug-likeness (QED) is 0.611. The van der Waals surface area contributed by atoms with Crippen molar-refractivity contribution in [1.29, 1.82) is 5.26 Å². The van der Waals surface area contributed by atoms with Crippen LogP contribution in [0.5, 0.6) is 0 Å². The Morgan fingerprint density at radius 3 is 2.15 bits per heavy atom. The lowest BCUT2D eigenvalue weighted by atomic mass is 9.88. The van der Waals surface area contributed by atoms with Crippen molar-refractivity contribution in [3.8, 4) is 6.07 Å². The second kappa shape index (κ2) is 5.78. The smallest absolute Gasteiger partial charge is 0.221 e. The van der Waals surface area contributed by atoms with Gasteiger partial charge >= 0.3 is 0 Å². The highest BCUT2D eigenvalue weighted by Gasteiger charge is 2.21. The molecule has 1 atom stereocenters. The maximum atomic E-state index is 9.54. The lowest BCUT2D eigenvalue weighted by Crippen LogP contribution is -2.07. The molecule has 0 saturated heterocycles. The first-order chi connectivity index (χ1) is 9.42. The fraction of sp³-hybridized carbons (Fsp3) is 0.267. The standard InChI is InChI=1S/C15H13Cl2N3/c1-8-4-9(2)14(10(3)5-8)11(7-18)12-6-13(16)20-15(17)19-12/h4-6,11H,1-3H3. The number of nitriles is 1. The van der Waals surface area contributed by atoms with E-state index in [1.807, 2.05) is 20.8 Å². The minimum Gasteiger partial charge on any atom is -0.221 e. The molecule has 102 valence electrons. The largest absolute Gasteiger partial charge is 0.224 e. The molecule has 0 radical (unpaired) electrons. The van der Waals surface area contributed by atoms with Crippen LogP contribution in [0, 0.1) is 32.1 Å². The van der Waals surface area contributed by atoms with Crippen molar-refractivity contribution >= 4 is 23.2 Å². The van der Waals surface area contributed by atoms with Gasteiger partial charge in [0.25, 0.3) is 0 Å². The topological polar surface area (TPSA) is 49.6 Å². The molecule has 0 aliphatic heterocycles. The van der Waals surface area contributed by atoms with Crippen LogP contribution in [-0.4, -0.2) is 9.97 Å². The molecular weight excluding hydrogens is 293 g/mol. The summed E-state index contributed by atoms with van der Waals surface area (Å²) in [5, 5.41) is 9.83. The molecule has 1 aromatic heterocycles. The van der Waals surface area contributed by atoms with Crippen molar-refractivity contribution in [2.45, 2.75) is 26.7 Å². The second-order valence-electron chi connectivity index (χ2n) is 4.76. The van der Waals surface area contributed by atoms with Crippen LogP contribution in [0.3, 0.4) is 0 Å². The molecular formula is C15H13Cl2N3. The fourth-order valence-corrected chi connectivity index (χ4v) is 2.90. The van der Waals surface area contributed by atoms with Crippen LogP contribution in [0.1, 0.15) is 33.9 Å². The lowest BCUT2D eigenvalue weighted by Gasteiger charge is -2.16. The molecule has 1 heterocycles. The molecule has 0 bridgehead atoms. The predicted molar refractivity (Wildman–Crippen MR) is 80.2 cm³/mol. The van der Waals surface area contributed by atoms with E-state index in [1.54, 1.807) is 6.07 Å². The molecule has 0 saturated carbocycles. The third-order valence-corrected chi connectivity index (χ3v) is 3.50. The second-order valence-corrected chi connectivity index (χ2v) is 5.48. The van der Waals surface area contributed by atoms with Crippen LogP contribution in [0.25, 0.3) is 0 Å². The maximum Gasteiger partial charge on any atom is 0.224 e. The minimum absolute atomic E-state index is 0.0511. The molecule has 2 aromatic rings. The Kier molecular flexibility index (Phi) is 4.27. The molecule has 1 aromatic carbocycles. The van der Waals surface area contributed by atoms with E-state index in [1.165, 1.54) is 5.56 Å². The van der Waals surface area contributed by atoms with E-state index in [0.29, 0.717) is 5.69 Å². The zero-order chi connectivity index (χ0) is 14.9. The van der Waals surface area contributed by atoms with Gasteiger partial charge < -0.3 is 0 Å². The number of hydrogen-bond donors (Lipinski definition) is 0. The Morgan fingerprint density at radius 1 is 1.05 bits per heavy atom. The van der Waals surface area contributed by atoms with E-state index in [9.17, 15) is 5.26 Å². The molecule has 0 fully saturated rings. The van der Waals surface area contributed by atoms with Crippen LogP contribution in [0.4, 0.5) is 0 Å². The molecule has 0 aliphatic rings. The molecule has 2 rings (SSSR count). The Labute approximate surface area is 128 Å². The summed E-state index contributed by atoms with van der Waals surface area (Å²) in [6, 6.07) is 7.97. The lowest BCUT2D eigenvalue weighted by molar-refractivity contribution is 0.923. The Hall–Kier alpha value is -1.63. The zero-order valence-corrected chi connectivity index (χ0v) is 12.9. The van der Waals surface area contributed by atoms with Crippen molar-refractivity contribution in [3.05, 3.63) is 56.6 Å². The normalized spacial score (nSPS) is 12.0.